The lowest BCUT2D eigenvalue weighted by atomic mass is 10.1. The van der Waals surface area contributed by atoms with Crippen LogP contribution >= 0.6 is 15.9 Å². The Hall–Kier alpha value is -3.58. The van der Waals surface area contributed by atoms with Gasteiger partial charge >= 0.3 is 0 Å². The van der Waals surface area contributed by atoms with Gasteiger partial charge in [-0.2, -0.15) is 0 Å². The molecule has 32 heavy (non-hydrogen) atoms. The molecule has 0 aromatic heterocycles. The van der Waals surface area contributed by atoms with Crippen molar-refractivity contribution in [3.05, 3.63) is 93.1 Å². The van der Waals surface area contributed by atoms with Crippen LogP contribution < -0.4 is 20.1 Å². The number of carbonyl (C=O) groups is 2. The van der Waals surface area contributed by atoms with E-state index in [1.807, 2.05) is 38.1 Å². The van der Waals surface area contributed by atoms with E-state index < -0.39 is 5.91 Å². The third-order valence-corrected chi connectivity index (χ3v) is 5.78. The molecule has 0 aliphatic carbocycles. The molecule has 0 spiro atoms. The lowest BCUT2D eigenvalue weighted by Crippen LogP contribution is -2.30. The predicted octanol–water partition coefficient (Wildman–Crippen LogP) is 5.20. The van der Waals surface area contributed by atoms with Crippen LogP contribution in [0, 0.1) is 13.8 Å². The first-order chi connectivity index (χ1) is 15.4. The fourth-order valence-corrected chi connectivity index (χ4v) is 3.54. The van der Waals surface area contributed by atoms with Gasteiger partial charge in [-0.05, 0) is 88.9 Å². The van der Waals surface area contributed by atoms with Gasteiger partial charge in [-0.1, -0.05) is 24.3 Å². The average molecular weight is 493 g/mol. The third-order valence-electron chi connectivity index (χ3n) is 5.09. The number of amides is 2. The number of hydrogen-bond donors (Lipinski definition) is 2. The Kier molecular flexibility index (Phi) is 6.28. The summed E-state index contributed by atoms with van der Waals surface area (Å²) in [7, 11) is 0. The molecule has 0 radical (unpaired) electrons. The fraction of sp³-hybridized carbons (Fsp3) is 0.120. The van der Waals surface area contributed by atoms with Gasteiger partial charge in [0.15, 0.2) is 11.5 Å². The Morgan fingerprint density at radius 2 is 1.72 bits per heavy atom. The number of benzene rings is 3. The number of aryl methyl sites for hydroxylation is 2. The zero-order valence-corrected chi connectivity index (χ0v) is 19.2. The van der Waals surface area contributed by atoms with Crippen LogP contribution in [-0.4, -0.2) is 18.6 Å². The van der Waals surface area contributed by atoms with Gasteiger partial charge in [-0.25, -0.2) is 0 Å². The molecule has 1 heterocycles. The van der Waals surface area contributed by atoms with Gasteiger partial charge in [-0.15, -0.1) is 0 Å². The highest BCUT2D eigenvalue weighted by Crippen LogP contribution is 2.33. The minimum atomic E-state index is -0.452. The first kappa shape index (κ1) is 21.6. The Bertz CT molecular complexity index is 1240. The molecule has 1 aliphatic rings. The molecule has 0 saturated heterocycles. The van der Waals surface area contributed by atoms with Crippen LogP contribution in [0.25, 0.3) is 6.08 Å². The SMILES string of the molecule is Cc1ccc(C(=O)NC(=Cc2ccc3c(c2)OCO3)C(=O)Nc2ccccc2Br)cc1C. The summed E-state index contributed by atoms with van der Waals surface area (Å²) in [4.78, 5) is 26.1. The number of fused-ring (bicyclic) bond motifs is 1. The van der Waals surface area contributed by atoms with Crippen LogP contribution in [0.15, 0.2) is 70.8 Å². The van der Waals surface area contributed by atoms with E-state index >= 15 is 0 Å². The normalized spacial score (nSPS) is 12.4. The van der Waals surface area contributed by atoms with Crippen molar-refractivity contribution in [2.45, 2.75) is 13.8 Å². The number of para-hydroxylation sites is 1. The summed E-state index contributed by atoms with van der Waals surface area (Å²) in [6.45, 7) is 4.07. The number of ether oxygens (including phenoxy) is 2. The van der Waals surface area contributed by atoms with E-state index in [1.165, 1.54) is 0 Å². The zero-order valence-electron chi connectivity index (χ0n) is 17.6. The van der Waals surface area contributed by atoms with E-state index in [4.69, 9.17) is 9.47 Å². The quantitative estimate of drug-likeness (QED) is 0.479. The number of carbonyl (C=O) groups excluding carboxylic acids is 2. The monoisotopic (exact) mass is 492 g/mol. The molecule has 0 bridgehead atoms. The second kappa shape index (κ2) is 9.28. The van der Waals surface area contributed by atoms with Crippen molar-refractivity contribution in [1.29, 1.82) is 0 Å². The van der Waals surface area contributed by atoms with Crippen LogP contribution in [0.3, 0.4) is 0 Å². The van der Waals surface area contributed by atoms with Gasteiger partial charge in [0, 0.05) is 10.0 Å². The Labute approximate surface area is 194 Å². The second-order valence-electron chi connectivity index (χ2n) is 7.36. The van der Waals surface area contributed by atoms with Crippen LogP contribution in [0.5, 0.6) is 11.5 Å². The minimum absolute atomic E-state index is 0.0999. The molecule has 2 N–H and O–H groups in total. The highest BCUT2D eigenvalue weighted by atomic mass is 79.9. The number of halogens is 1. The third kappa shape index (κ3) is 4.84. The molecule has 1 aliphatic heterocycles. The first-order valence-electron chi connectivity index (χ1n) is 9.96. The molecule has 162 valence electrons. The summed E-state index contributed by atoms with van der Waals surface area (Å²) in [6, 6.07) is 18.0. The van der Waals surface area contributed by atoms with Crippen molar-refractivity contribution in [3.63, 3.8) is 0 Å². The molecule has 0 atom stereocenters. The molecule has 4 rings (SSSR count). The van der Waals surface area contributed by atoms with Crippen LogP contribution in [-0.2, 0) is 4.79 Å². The topological polar surface area (TPSA) is 76.7 Å². The maximum absolute atomic E-state index is 13.1. The fourth-order valence-electron chi connectivity index (χ4n) is 3.16. The summed E-state index contributed by atoms with van der Waals surface area (Å²) >= 11 is 3.42. The van der Waals surface area contributed by atoms with Crippen molar-refractivity contribution >= 4 is 39.5 Å². The van der Waals surface area contributed by atoms with Gasteiger partial charge in [0.2, 0.25) is 6.79 Å². The minimum Gasteiger partial charge on any atom is -0.454 e. The van der Waals surface area contributed by atoms with E-state index in [2.05, 4.69) is 26.6 Å². The van der Waals surface area contributed by atoms with Crippen LogP contribution in [0.4, 0.5) is 5.69 Å². The van der Waals surface area contributed by atoms with Gasteiger partial charge in [0.1, 0.15) is 5.70 Å². The summed E-state index contributed by atoms with van der Waals surface area (Å²) in [5.41, 5.74) is 3.93. The number of nitrogens with one attached hydrogen (secondary N) is 2. The van der Waals surface area contributed by atoms with Crippen molar-refractivity contribution in [2.75, 3.05) is 12.1 Å². The predicted molar refractivity (Wildman–Crippen MR) is 127 cm³/mol. The van der Waals surface area contributed by atoms with Gasteiger partial charge < -0.3 is 20.1 Å². The van der Waals surface area contributed by atoms with Crippen molar-refractivity contribution < 1.29 is 19.1 Å². The Balaban J connectivity index is 1.65. The molecule has 6 nitrogen and oxygen atoms in total. The van der Waals surface area contributed by atoms with E-state index in [-0.39, 0.29) is 18.4 Å². The molecule has 0 unspecified atom stereocenters. The van der Waals surface area contributed by atoms with Gasteiger partial charge in [0.05, 0.1) is 5.69 Å². The van der Waals surface area contributed by atoms with Crippen LogP contribution in [0.2, 0.25) is 0 Å². The van der Waals surface area contributed by atoms with E-state index in [0.29, 0.717) is 28.3 Å². The van der Waals surface area contributed by atoms with Crippen molar-refractivity contribution in [3.8, 4) is 11.5 Å². The van der Waals surface area contributed by atoms with Gasteiger partial charge in [0.25, 0.3) is 11.8 Å². The lowest BCUT2D eigenvalue weighted by Gasteiger charge is -2.13. The van der Waals surface area contributed by atoms with Crippen LogP contribution in [0.1, 0.15) is 27.0 Å². The van der Waals surface area contributed by atoms with E-state index in [9.17, 15) is 9.59 Å². The molecule has 2 amide bonds. The Morgan fingerprint density at radius 3 is 2.50 bits per heavy atom. The van der Waals surface area contributed by atoms with Gasteiger partial charge in [-0.3, -0.25) is 9.59 Å². The summed E-state index contributed by atoms with van der Waals surface area (Å²) in [5.74, 6) is 0.402. The highest BCUT2D eigenvalue weighted by molar-refractivity contribution is 9.10. The second-order valence-corrected chi connectivity index (χ2v) is 8.21. The maximum atomic E-state index is 13.1. The van der Waals surface area contributed by atoms with E-state index in [0.717, 1.165) is 15.6 Å². The first-order valence-corrected chi connectivity index (χ1v) is 10.8. The lowest BCUT2D eigenvalue weighted by molar-refractivity contribution is -0.113. The largest absolute Gasteiger partial charge is 0.454 e. The number of anilines is 1. The summed E-state index contributed by atoms with van der Waals surface area (Å²) in [6.07, 6.45) is 1.60. The summed E-state index contributed by atoms with van der Waals surface area (Å²) in [5, 5.41) is 5.59. The molecule has 3 aromatic carbocycles. The Morgan fingerprint density at radius 1 is 0.938 bits per heavy atom. The molecule has 0 saturated carbocycles. The van der Waals surface area contributed by atoms with E-state index in [1.54, 1.807) is 42.5 Å². The smallest absolute Gasteiger partial charge is 0.272 e. The number of hydrogen-bond acceptors (Lipinski definition) is 4. The van der Waals surface area contributed by atoms with Crippen molar-refractivity contribution in [2.24, 2.45) is 0 Å². The molecular formula is C25H21BrN2O4. The molecule has 0 fully saturated rings. The highest BCUT2D eigenvalue weighted by Gasteiger charge is 2.18. The standard InChI is InChI=1S/C25H21BrN2O4/c1-15-7-9-18(11-16(15)2)24(29)28-21(25(30)27-20-6-4-3-5-19(20)26)12-17-8-10-22-23(13-17)32-14-31-22/h3-13H,14H2,1-2H3,(H,27,30)(H,28,29). The summed E-state index contributed by atoms with van der Waals surface area (Å²) < 4.78 is 11.5. The maximum Gasteiger partial charge on any atom is 0.272 e. The molecular weight excluding hydrogens is 472 g/mol. The molecule has 3 aromatic rings. The average Bonchev–Trinajstić information content (AvgIpc) is 3.24. The van der Waals surface area contributed by atoms with Crippen molar-refractivity contribution in [1.82, 2.24) is 5.32 Å². The number of rotatable bonds is 5. The zero-order chi connectivity index (χ0) is 22.7. The molecule has 7 heteroatoms.